The molecule has 0 bridgehead atoms. The minimum atomic E-state index is 0.790. The van der Waals surface area contributed by atoms with Crippen molar-refractivity contribution >= 4 is 5.82 Å². The molecule has 0 aromatic carbocycles. The summed E-state index contributed by atoms with van der Waals surface area (Å²) in [6, 6.07) is 3.78. The van der Waals surface area contributed by atoms with Crippen molar-refractivity contribution in [3.8, 4) is 0 Å². The first-order valence-electron chi connectivity index (χ1n) is 3.44. The lowest BCUT2D eigenvalue weighted by Gasteiger charge is -2.13. The van der Waals surface area contributed by atoms with Crippen LogP contribution in [0.2, 0.25) is 0 Å². The Morgan fingerprint density at radius 2 is 2.55 bits per heavy atom. The van der Waals surface area contributed by atoms with Crippen molar-refractivity contribution in [2.75, 3.05) is 18.5 Å². The van der Waals surface area contributed by atoms with Crippen molar-refractivity contribution in [3.63, 3.8) is 0 Å². The molecule has 3 nitrogen and oxygen atoms in total. The van der Waals surface area contributed by atoms with Crippen LogP contribution in [0.3, 0.4) is 0 Å². The Bertz CT molecular complexity index is 220. The molecule has 0 fully saturated rings. The first-order valence-corrected chi connectivity index (χ1v) is 3.44. The summed E-state index contributed by atoms with van der Waals surface area (Å²) in [5.74, 6) is 0.868. The van der Waals surface area contributed by atoms with Crippen molar-refractivity contribution in [1.29, 1.82) is 0 Å². The second-order valence-corrected chi connectivity index (χ2v) is 2.25. The second-order valence-electron chi connectivity index (χ2n) is 2.25. The SMILES string of the molecule is C=CCN(C)c1cccnn1. The van der Waals surface area contributed by atoms with E-state index >= 15 is 0 Å². The van der Waals surface area contributed by atoms with Gasteiger partial charge in [0.15, 0.2) is 5.82 Å². The van der Waals surface area contributed by atoms with Crippen LogP contribution in [0.15, 0.2) is 31.0 Å². The lowest BCUT2D eigenvalue weighted by Crippen LogP contribution is -2.17. The van der Waals surface area contributed by atoms with Gasteiger partial charge >= 0.3 is 0 Å². The van der Waals surface area contributed by atoms with Crippen LogP contribution < -0.4 is 4.90 Å². The maximum atomic E-state index is 3.93. The highest BCUT2D eigenvalue weighted by atomic mass is 15.2. The summed E-state index contributed by atoms with van der Waals surface area (Å²) in [4.78, 5) is 1.97. The number of nitrogens with zero attached hydrogens (tertiary/aromatic N) is 3. The molecular weight excluding hydrogens is 138 g/mol. The first-order chi connectivity index (χ1) is 5.34. The molecule has 1 heterocycles. The fraction of sp³-hybridized carbons (Fsp3) is 0.250. The molecule has 0 aliphatic heterocycles. The van der Waals surface area contributed by atoms with Crippen molar-refractivity contribution in [2.24, 2.45) is 0 Å². The van der Waals surface area contributed by atoms with Crippen LogP contribution >= 0.6 is 0 Å². The van der Waals surface area contributed by atoms with Gasteiger partial charge < -0.3 is 4.90 Å². The number of anilines is 1. The highest BCUT2D eigenvalue weighted by molar-refractivity contribution is 5.35. The third-order valence-electron chi connectivity index (χ3n) is 1.35. The Balaban J connectivity index is 2.68. The van der Waals surface area contributed by atoms with Gasteiger partial charge in [0.2, 0.25) is 0 Å². The Kier molecular flexibility index (Phi) is 2.60. The van der Waals surface area contributed by atoms with E-state index in [9.17, 15) is 0 Å². The Morgan fingerprint density at radius 1 is 1.73 bits per heavy atom. The molecule has 1 aromatic heterocycles. The third kappa shape index (κ3) is 2.04. The van der Waals surface area contributed by atoms with Crippen LogP contribution in [0.25, 0.3) is 0 Å². The number of hydrogen-bond acceptors (Lipinski definition) is 3. The number of likely N-dealkylation sites (N-methyl/N-ethyl adjacent to an activating group) is 1. The molecule has 0 aliphatic carbocycles. The smallest absolute Gasteiger partial charge is 0.151 e. The van der Waals surface area contributed by atoms with E-state index in [0.29, 0.717) is 0 Å². The Labute approximate surface area is 66.4 Å². The zero-order chi connectivity index (χ0) is 8.10. The van der Waals surface area contributed by atoms with Gasteiger partial charge in [0.05, 0.1) is 0 Å². The molecule has 0 amide bonds. The molecule has 11 heavy (non-hydrogen) atoms. The second kappa shape index (κ2) is 3.71. The van der Waals surface area contributed by atoms with Crippen LogP contribution in [0.4, 0.5) is 5.82 Å². The zero-order valence-electron chi connectivity index (χ0n) is 6.57. The summed E-state index contributed by atoms with van der Waals surface area (Å²) in [6.07, 6.45) is 3.49. The molecule has 0 spiro atoms. The number of hydrogen-bond donors (Lipinski definition) is 0. The summed E-state index contributed by atoms with van der Waals surface area (Å²) in [5, 5.41) is 7.69. The van der Waals surface area contributed by atoms with Gasteiger partial charge in [-0.25, -0.2) is 0 Å². The molecule has 0 radical (unpaired) electrons. The molecule has 0 N–H and O–H groups in total. The summed E-state index contributed by atoms with van der Waals surface area (Å²) in [6.45, 7) is 4.43. The minimum absolute atomic E-state index is 0.790. The van der Waals surface area contributed by atoms with E-state index in [1.165, 1.54) is 0 Å². The fourth-order valence-corrected chi connectivity index (χ4v) is 0.784. The average Bonchev–Trinajstić information content (AvgIpc) is 2.07. The van der Waals surface area contributed by atoms with Crippen LogP contribution in [0, 0.1) is 0 Å². The molecule has 0 aliphatic rings. The number of aromatic nitrogens is 2. The minimum Gasteiger partial charge on any atom is -0.354 e. The van der Waals surface area contributed by atoms with Crippen LogP contribution in [-0.2, 0) is 0 Å². The average molecular weight is 149 g/mol. The standard InChI is InChI=1S/C8H11N3/c1-3-7-11(2)8-5-4-6-9-10-8/h3-6H,1,7H2,2H3. The molecule has 3 heteroatoms. The van der Waals surface area contributed by atoms with Crippen LogP contribution in [0.5, 0.6) is 0 Å². The predicted molar refractivity (Wildman–Crippen MR) is 45.5 cm³/mol. The van der Waals surface area contributed by atoms with Gasteiger partial charge in [-0.15, -0.1) is 11.7 Å². The van der Waals surface area contributed by atoms with Gasteiger partial charge in [-0.3, -0.25) is 0 Å². The summed E-state index contributed by atoms with van der Waals surface area (Å²) in [5.41, 5.74) is 0. The summed E-state index contributed by atoms with van der Waals surface area (Å²) >= 11 is 0. The van der Waals surface area contributed by atoms with Crippen molar-refractivity contribution < 1.29 is 0 Å². The monoisotopic (exact) mass is 149 g/mol. The fourth-order valence-electron chi connectivity index (χ4n) is 0.784. The maximum absolute atomic E-state index is 3.93. The van der Waals surface area contributed by atoms with E-state index in [1.807, 2.05) is 30.2 Å². The zero-order valence-corrected chi connectivity index (χ0v) is 6.57. The van der Waals surface area contributed by atoms with E-state index in [1.54, 1.807) is 6.20 Å². The largest absolute Gasteiger partial charge is 0.354 e. The molecule has 0 saturated heterocycles. The Morgan fingerprint density at radius 3 is 3.09 bits per heavy atom. The van der Waals surface area contributed by atoms with Crippen molar-refractivity contribution in [2.45, 2.75) is 0 Å². The number of rotatable bonds is 3. The molecule has 1 aromatic rings. The predicted octanol–water partition coefficient (Wildman–Crippen LogP) is 1.10. The lowest BCUT2D eigenvalue weighted by molar-refractivity contribution is 0.928. The maximum Gasteiger partial charge on any atom is 0.151 e. The van der Waals surface area contributed by atoms with Crippen LogP contribution in [0.1, 0.15) is 0 Å². The molecule has 58 valence electrons. The van der Waals surface area contributed by atoms with E-state index in [0.717, 1.165) is 12.4 Å². The van der Waals surface area contributed by atoms with E-state index in [2.05, 4.69) is 16.8 Å². The van der Waals surface area contributed by atoms with Gasteiger partial charge in [0.1, 0.15) is 0 Å². The van der Waals surface area contributed by atoms with Gasteiger partial charge in [0, 0.05) is 19.8 Å². The molecule has 0 atom stereocenters. The molecule has 0 saturated carbocycles. The van der Waals surface area contributed by atoms with E-state index < -0.39 is 0 Å². The molecular formula is C8H11N3. The van der Waals surface area contributed by atoms with Gasteiger partial charge in [0.25, 0.3) is 0 Å². The first kappa shape index (κ1) is 7.72. The summed E-state index contributed by atoms with van der Waals surface area (Å²) in [7, 11) is 1.95. The molecule has 0 unspecified atom stereocenters. The van der Waals surface area contributed by atoms with E-state index in [4.69, 9.17) is 0 Å². The van der Waals surface area contributed by atoms with E-state index in [-0.39, 0.29) is 0 Å². The lowest BCUT2D eigenvalue weighted by atomic mass is 10.4. The van der Waals surface area contributed by atoms with Gasteiger partial charge in [-0.05, 0) is 12.1 Å². The Hall–Kier alpha value is -1.38. The highest BCUT2D eigenvalue weighted by Crippen LogP contribution is 2.03. The normalized spacial score (nSPS) is 9.18. The third-order valence-corrected chi connectivity index (χ3v) is 1.35. The van der Waals surface area contributed by atoms with Gasteiger partial charge in [-0.2, -0.15) is 5.10 Å². The van der Waals surface area contributed by atoms with Crippen LogP contribution in [-0.4, -0.2) is 23.8 Å². The van der Waals surface area contributed by atoms with Crippen molar-refractivity contribution in [3.05, 3.63) is 31.0 Å². The topological polar surface area (TPSA) is 29.0 Å². The van der Waals surface area contributed by atoms with Gasteiger partial charge in [-0.1, -0.05) is 6.08 Å². The summed E-state index contributed by atoms with van der Waals surface area (Å²) < 4.78 is 0. The van der Waals surface area contributed by atoms with Crippen molar-refractivity contribution in [1.82, 2.24) is 10.2 Å². The highest BCUT2D eigenvalue weighted by Gasteiger charge is 1.96. The quantitative estimate of drug-likeness (QED) is 0.602. The molecule has 1 rings (SSSR count).